The van der Waals surface area contributed by atoms with Crippen molar-refractivity contribution >= 4 is 23.3 Å². The number of anilines is 1. The van der Waals surface area contributed by atoms with Gasteiger partial charge in [-0.25, -0.2) is 23.1 Å². The molecule has 0 saturated heterocycles. The molecule has 0 bridgehead atoms. The Bertz CT molecular complexity index is 1020. The van der Waals surface area contributed by atoms with Crippen LogP contribution in [0.15, 0.2) is 24.3 Å². The van der Waals surface area contributed by atoms with E-state index < -0.39 is 30.1 Å². The van der Waals surface area contributed by atoms with E-state index in [0.717, 1.165) is 23.9 Å². The zero-order valence-corrected chi connectivity index (χ0v) is 13.8. The SMILES string of the molecule is Cc1cc(C)n2nc(C(=O)OCC(=O)Nc3cc(F)ccc3F)nc2n1. The number of nitrogens with one attached hydrogen (secondary N) is 1. The Morgan fingerprint density at radius 3 is 2.73 bits per heavy atom. The maximum absolute atomic E-state index is 13.5. The van der Waals surface area contributed by atoms with Crippen molar-refractivity contribution in [2.24, 2.45) is 0 Å². The molecular formula is C16H13F2N5O3. The lowest BCUT2D eigenvalue weighted by atomic mass is 10.3. The fourth-order valence-corrected chi connectivity index (χ4v) is 2.23. The van der Waals surface area contributed by atoms with Gasteiger partial charge in [0.15, 0.2) is 6.61 Å². The molecule has 1 N–H and O–H groups in total. The summed E-state index contributed by atoms with van der Waals surface area (Å²) in [6.07, 6.45) is 0. The highest BCUT2D eigenvalue weighted by molar-refractivity contribution is 5.94. The Labute approximate surface area is 145 Å². The first-order valence-corrected chi connectivity index (χ1v) is 7.46. The molecule has 0 aliphatic rings. The van der Waals surface area contributed by atoms with Gasteiger partial charge in [-0.1, -0.05) is 0 Å². The van der Waals surface area contributed by atoms with E-state index in [-0.39, 0.29) is 17.3 Å². The van der Waals surface area contributed by atoms with Gasteiger partial charge in [0.1, 0.15) is 11.6 Å². The largest absolute Gasteiger partial charge is 0.450 e. The minimum absolute atomic E-state index is 0.223. The zero-order valence-electron chi connectivity index (χ0n) is 13.8. The van der Waals surface area contributed by atoms with E-state index in [0.29, 0.717) is 5.69 Å². The van der Waals surface area contributed by atoms with Crippen LogP contribution in [0.2, 0.25) is 0 Å². The first kappa shape index (κ1) is 17.4. The molecule has 134 valence electrons. The van der Waals surface area contributed by atoms with Crippen LogP contribution in [0.5, 0.6) is 0 Å². The molecule has 2 aromatic heterocycles. The number of hydrogen-bond donors (Lipinski definition) is 1. The summed E-state index contributed by atoms with van der Waals surface area (Å²) in [5.74, 6) is -3.35. The summed E-state index contributed by atoms with van der Waals surface area (Å²) >= 11 is 0. The second-order valence-corrected chi connectivity index (χ2v) is 5.43. The summed E-state index contributed by atoms with van der Waals surface area (Å²) in [5.41, 5.74) is 1.07. The van der Waals surface area contributed by atoms with E-state index >= 15 is 0 Å². The minimum Gasteiger partial charge on any atom is -0.450 e. The zero-order chi connectivity index (χ0) is 18.8. The van der Waals surface area contributed by atoms with Gasteiger partial charge in [0, 0.05) is 17.5 Å². The molecule has 0 atom stereocenters. The Hall–Kier alpha value is -3.43. The van der Waals surface area contributed by atoms with Gasteiger partial charge in [-0.05, 0) is 32.0 Å². The summed E-state index contributed by atoms with van der Waals surface area (Å²) in [6.45, 7) is 2.83. The summed E-state index contributed by atoms with van der Waals surface area (Å²) < 4.78 is 32.7. The maximum atomic E-state index is 13.5. The highest BCUT2D eigenvalue weighted by Crippen LogP contribution is 2.15. The summed E-state index contributed by atoms with van der Waals surface area (Å²) in [6, 6.07) is 4.36. The first-order chi connectivity index (χ1) is 12.3. The van der Waals surface area contributed by atoms with Crippen LogP contribution in [-0.4, -0.2) is 38.1 Å². The lowest BCUT2D eigenvalue weighted by molar-refractivity contribution is -0.119. The van der Waals surface area contributed by atoms with Crippen molar-refractivity contribution in [3.63, 3.8) is 0 Å². The number of hydrogen-bond acceptors (Lipinski definition) is 6. The number of nitrogens with zero attached hydrogens (tertiary/aromatic N) is 4. The molecule has 1 amide bonds. The van der Waals surface area contributed by atoms with Crippen molar-refractivity contribution in [2.75, 3.05) is 11.9 Å². The van der Waals surface area contributed by atoms with Crippen LogP contribution in [0.3, 0.4) is 0 Å². The molecule has 2 heterocycles. The standard InChI is InChI=1S/C16H13F2N5O3/c1-8-5-9(2)23-16(19-8)21-14(22-23)15(25)26-7-13(24)20-12-6-10(17)3-4-11(12)18/h3-6H,7H2,1-2H3,(H,20,24). The Balaban J connectivity index is 1.66. The highest BCUT2D eigenvalue weighted by atomic mass is 19.1. The monoisotopic (exact) mass is 361 g/mol. The van der Waals surface area contributed by atoms with Crippen molar-refractivity contribution in [1.82, 2.24) is 19.6 Å². The Morgan fingerprint density at radius 1 is 1.19 bits per heavy atom. The predicted molar refractivity (Wildman–Crippen MR) is 85.5 cm³/mol. The lowest BCUT2D eigenvalue weighted by Crippen LogP contribution is -2.22. The van der Waals surface area contributed by atoms with E-state index in [4.69, 9.17) is 4.74 Å². The molecule has 0 saturated carbocycles. The van der Waals surface area contributed by atoms with Crippen LogP contribution in [-0.2, 0) is 9.53 Å². The molecule has 8 nitrogen and oxygen atoms in total. The number of ether oxygens (including phenoxy) is 1. The van der Waals surface area contributed by atoms with Crippen molar-refractivity contribution in [2.45, 2.75) is 13.8 Å². The van der Waals surface area contributed by atoms with Crippen molar-refractivity contribution in [1.29, 1.82) is 0 Å². The number of benzene rings is 1. The quantitative estimate of drug-likeness (QED) is 0.712. The van der Waals surface area contributed by atoms with Gasteiger partial charge >= 0.3 is 5.97 Å². The van der Waals surface area contributed by atoms with E-state index in [2.05, 4.69) is 20.4 Å². The molecule has 0 aliphatic carbocycles. The van der Waals surface area contributed by atoms with E-state index in [1.54, 1.807) is 19.9 Å². The third kappa shape index (κ3) is 3.63. The van der Waals surface area contributed by atoms with Crippen LogP contribution in [0.25, 0.3) is 5.78 Å². The van der Waals surface area contributed by atoms with E-state index in [1.807, 2.05) is 0 Å². The van der Waals surface area contributed by atoms with Gasteiger partial charge in [-0.15, -0.1) is 5.10 Å². The molecule has 0 radical (unpaired) electrons. The van der Waals surface area contributed by atoms with E-state index in [9.17, 15) is 18.4 Å². The van der Waals surface area contributed by atoms with Gasteiger partial charge in [-0.3, -0.25) is 4.79 Å². The van der Waals surface area contributed by atoms with E-state index in [1.165, 1.54) is 4.52 Å². The normalized spacial score (nSPS) is 10.8. The summed E-state index contributed by atoms with van der Waals surface area (Å²) in [7, 11) is 0. The Morgan fingerprint density at radius 2 is 1.96 bits per heavy atom. The van der Waals surface area contributed by atoms with Gasteiger partial charge in [0.05, 0.1) is 5.69 Å². The molecule has 26 heavy (non-hydrogen) atoms. The van der Waals surface area contributed by atoms with Gasteiger partial charge in [0.25, 0.3) is 17.5 Å². The molecule has 0 unspecified atom stereocenters. The molecular weight excluding hydrogens is 348 g/mol. The van der Waals surface area contributed by atoms with Gasteiger partial charge < -0.3 is 10.1 Å². The number of aromatic nitrogens is 4. The number of carbonyl (C=O) groups is 2. The fraction of sp³-hybridized carbons (Fsp3) is 0.188. The third-order valence-corrected chi connectivity index (χ3v) is 3.34. The fourth-order valence-electron chi connectivity index (χ4n) is 2.23. The number of rotatable bonds is 4. The minimum atomic E-state index is -0.942. The van der Waals surface area contributed by atoms with Crippen LogP contribution in [0, 0.1) is 25.5 Å². The molecule has 0 aliphatic heterocycles. The lowest BCUT2D eigenvalue weighted by Gasteiger charge is -2.06. The van der Waals surface area contributed by atoms with Crippen LogP contribution in [0.4, 0.5) is 14.5 Å². The highest BCUT2D eigenvalue weighted by Gasteiger charge is 2.18. The molecule has 10 heteroatoms. The first-order valence-electron chi connectivity index (χ1n) is 7.46. The number of carbonyl (C=O) groups excluding carboxylic acids is 2. The number of amides is 1. The average Bonchev–Trinajstić information content (AvgIpc) is 3.00. The number of esters is 1. The number of aryl methyl sites for hydroxylation is 2. The number of halogens is 2. The predicted octanol–water partition coefficient (Wildman–Crippen LogP) is 1.81. The van der Waals surface area contributed by atoms with Crippen LogP contribution in [0.1, 0.15) is 22.0 Å². The topological polar surface area (TPSA) is 98.5 Å². The smallest absolute Gasteiger partial charge is 0.378 e. The summed E-state index contributed by atoms with van der Waals surface area (Å²) in [5, 5.41) is 6.08. The van der Waals surface area contributed by atoms with Crippen LogP contribution >= 0.6 is 0 Å². The van der Waals surface area contributed by atoms with Crippen molar-refractivity contribution in [3.8, 4) is 0 Å². The van der Waals surface area contributed by atoms with Crippen molar-refractivity contribution < 1.29 is 23.1 Å². The molecule has 1 aromatic carbocycles. The molecule has 3 aromatic rings. The number of fused-ring (bicyclic) bond motifs is 1. The van der Waals surface area contributed by atoms with Crippen molar-refractivity contribution in [3.05, 3.63) is 53.1 Å². The average molecular weight is 361 g/mol. The molecule has 0 spiro atoms. The maximum Gasteiger partial charge on any atom is 0.378 e. The van der Waals surface area contributed by atoms with Crippen LogP contribution < -0.4 is 5.32 Å². The Kier molecular flexibility index (Phi) is 4.57. The third-order valence-electron chi connectivity index (χ3n) is 3.34. The summed E-state index contributed by atoms with van der Waals surface area (Å²) in [4.78, 5) is 31.8. The molecule has 0 fully saturated rings. The van der Waals surface area contributed by atoms with Gasteiger partial charge in [-0.2, -0.15) is 4.98 Å². The molecule has 3 rings (SSSR count). The second kappa shape index (κ2) is 6.82. The van der Waals surface area contributed by atoms with Gasteiger partial charge in [0.2, 0.25) is 0 Å². The second-order valence-electron chi connectivity index (χ2n) is 5.43.